The maximum Gasteiger partial charge on any atom is 0.274 e. The second-order valence-corrected chi connectivity index (χ2v) is 8.95. The molecule has 0 spiro atoms. The van der Waals surface area contributed by atoms with Crippen LogP contribution in [0.15, 0.2) is 72.5 Å². The molecule has 1 atom stereocenters. The Kier molecular flexibility index (Phi) is 5.73. The highest BCUT2D eigenvalue weighted by Crippen LogP contribution is 2.37. The van der Waals surface area contributed by atoms with Crippen LogP contribution in [0.3, 0.4) is 0 Å². The number of carbonyl (C=O) groups excluding carboxylic acids is 1. The predicted octanol–water partition coefficient (Wildman–Crippen LogP) is 5.29. The molecular formula is C25H25N5OS. The van der Waals surface area contributed by atoms with E-state index < -0.39 is 0 Å². The lowest BCUT2D eigenvalue weighted by atomic mass is 10.1. The summed E-state index contributed by atoms with van der Waals surface area (Å²) in [7, 11) is 0. The summed E-state index contributed by atoms with van der Waals surface area (Å²) in [6.07, 6.45) is 7.65. The topological polar surface area (TPSA) is 63.1 Å². The monoisotopic (exact) mass is 443 g/mol. The molecule has 0 saturated carbocycles. The largest absolute Gasteiger partial charge is 0.363 e. The van der Waals surface area contributed by atoms with E-state index in [4.69, 9.17) is 4.98 Å². The maximum absolute atomic E-state index is 12.9. The first-order valence-electron chi connectivity index (χ1n) is 10.8. The summed E-state index contributed by atoms with van der Waals surface area (Å²) >= 11 is 1.48. The molecule has 1 unspecified atom stereocenters. The van der Waals surface area contributed by atoms with E-state index >= 15 is 0 Å². The number of hydrogen-bond donors (Lipinski definition) is 1. The molecule has 7 heteroatoms. The van der Waals surface area contributed by atoms with Crippen LogP contribution < -0.4 is 10.2 Å². The molecule has 6 nitrogen and oxygen atoms in total. The molecule has 162 valence electrons. The number of carbonyl (C=O) groups is 1. The fourth-order valence-corrected chi connectivity index (χ4v) is 4.97. The van der Waals surface area contributed by atoms with E-state index in [2.05, 4.69) is 51.8 Å². The summed E-state index contributed by atoms with van der Waals surface area (Å²) in [5, 5.41) is 5.70. The van der Waals surface area contributed by atoms with Crippen LogP contribution in [-0.2, 0) is 6.54 Å². The summed E-state index contributed by atoms with van der Waals surface area (Å²) in [5.41, 5.74) is 5.22. The van der Waals surface area contributed by atoms with Crippen LogP contribution in [0.5, 0.6) is 0 Å². The van der Waals surface area contributed by atoms with Gasteiger partial charge in [0.25, 0.3) is 5.91 Å². The molecule has 1 N–H and O–H groups in total. The Morgan fingerprint density at radius 3 is 2.78 bits per heavy atom. The van der Waals surface area contributed by atoms with E-state index in [1.54, 1.807) is 12.4 Å². The summed E-state index contributed by atoms with van der Waals surface area (Å²) in [5.74, 6) is -0.147. The van der Waals surface area contributed by atoms with E-state index in [9.17, 15) is 4.79 Å². The molecule has 1 amide bonds. The number of amides is 1. The van der Waals surface area contributed by atoms with Gasteiger partial charge in [0.1, 0.15) is 5.69 Å². The van der Waals surface area contributed by atoms with Crippen molar-refractivity contribution in [3.05, 3.63) is 95.0 Å². The number of aromatic nitrogens is 3. The minimum absolute atomic E-state index is 0.147. The van der Waals surface area contributed by atoms with E-state index in [1.165, 1.54) is 22.6 Å². The molecule has 32 heavy (non-hydrogen) atoms. The number of aryl methyl sites for hydroxylation is 1. The summed E-state index contributed by atoms with van der Waals surface area (Å²) in [6.45, 7) is 3.75. The van der Waals surface area contributed by atoms with Gasteiger partial charge >= 0.3 is 0 Å². The summed E-state index contributed by atoms with van der Waals surface area (Å²) in [6, 6.07) is 16.5. The number of thiazole rings is 1. The van der Waals surface area contributed by atoms with Gasteiger partial charge in [0.15, 0.2) is 5.13 Å². The molecule has 0 radical (unpaired) electrons. The van der Waals surface area contributed by atoms with Crippen LogP contribution in [0.4, 0.5) is 10.8 Å². The van der Waals surface area contributed by atoms with Crippen molar-refractivity contribution < 1.29 is 4.79 Å². The number of anilines is 2. The van der Waals surface area contributed by atoms with Crippen molar-refractivity contribution >= 4 is 28.1 Å². The van der Waals surface area contributed by atoms with Crippen molar-refractivity contribution in [1.29, 1.82) is 0 Å². The first-order valence-corrected chi connectivity index (χ1v) is 11.7. The third-order valence-electron chi connectivity index (χ3n) is 5.87. The van der Waals surface area contributed by atoms with Crippen LogP contribution in [-0.4, -0.2) is 27.0 Å². The van der Waals surface area contributed by atoms with Crippen molar-refractivity contribution in [2.24, 2.45) is 0 Å². The molecule has 0 aliphatic carbocycles. The maximum atomic E-state index is 12.9. The van der Waals surface area contributed by atoms with E-state index in [-0.39, 0.29) is 11.9 Å². The van der Waals surface area contributed by atoms with Gasteiger partial charge in [-0.15, -0.1) is 11.3 Å². The van der Waals surface area contributed by atoms with Crippen LogP contribution in [0.1, 0.15) is 46.2 Å². The minimum Gasteiger partial charge on any atom is -0.363 e. The lowest BCUT2D eigenvalue weighted by molar-refractivity contribution is 0.101. The number of nitrogens with one attached hydrogen (secondary N) is 1. The average Bonchev–Trinajstić information content (AvgIpc) is 3.55. The lowest BCUT2D eigenvalue weighted by Crippen LogP contribution is -2.23. The fourth-order valence-electron chi connectivity index (χ4n) is 4.22. The van der Waals surface area contributed by atoms with Crippen molar-refractivity contribution in [3.63, 3.8) is 0 Å². The molecule has 1 aromatic carbocycles. The zero-order valence-corrected chi connectivity index (χ0v) is 18.8. The second kappa shape index (κ2) is 8.96. The second-order valence-electron chi connectivity index (χ2n) is 8.10. The average molecular weight is 444 g/mol. The molecule has 0 bridgehead atoms. The van der Waals surface area contributed by atoms with E-state index in [1.807, 2.05) is 35.0 Å². The summed E-state index contributed by atoms with van der Waals surface area (Å²) in [4.78, 5) is 24.2. The Labute approximate surface area is 191 Å². The zero-order valence-electron chi connectivity index (χ0n) is 17.9. The Balaban J connectivity index is 1.29. The lowest BCUT2D eigenvalue weighted by Gasteiger charge is -2.25. The van der Waals surface area contributed by atoms with Crippen molar-refractivity contribution in [2.45, 2.75) is 32.4 Å². The third kappa shape index (κ3) is 4.29. The van der Waals surface area contributed by atoms with Gasteiger partial charge in [-0.25, -0.2) is 4.98 Å². The zero-order chi connectivity index (χ0) is 21.9. The van der Waals surface area contributed by atoms with E-state index in [0.717, 1.165) is 30.6 Å². The molecular weight excluding hydrogens is 418 g/mol. The Morgan fingerprint density at radius 2 is 1.97 bits per heavy atom. The van der Waals surface area contributed by atoms with Gasteiger partial charge in [-0.2, -0.15) is 0 Å². The summed E-state index contributed by atoms with van der Waals surface area (Å²) < 4.78 is 1.94. The van der Waals surface area contributed by atoms with Gasteiger partial charge < -0.3 is 9.47 Å². The van der Waals surface area contributed by atoms with Gasteiger partial charge in [-0.1, -0.05) is 17.7 Å². The molecule has 1 aliphatic heterocycles. The molecule has 5 rings (SSSR count). The Hall–Kier alpha value is -3.45. The normalized spacial score (nSPS) is 15.8. The van der Waals surface area contributed by atoms with Gasteiger partial charge in [0, 0.05) is 42.7 Å². The fraction of sp³-hybridized carbons (Fsp3) is 0.240. The van der Waals surface area contributed by atoms with Gasteiger partial charge in [-0.3, -0.25) is 15.1 Å². The van der Waals surface area contributed by atoms with Crippen LogP contribution >= 0.6 is 11.3 Å². The van der Waals surface area contributed by atoms with Crippen molar-refractivity contribution in [3.8, 4) is 0 Å². The quantitative estimate of drug-likeness (QED) is 0.440. The van der Waals surface area contributed by atoms with Gasteiger partial charge in [0.2, 0.25) is 0 Å². The van der Waals surface area contributed by atoms with Crippen molar-refractivity contribution in [1.82, 2.24) is 14.5 Å². The first kappa shape index (κ1) is 20.5. The van der Waals surface area contributed by atoms with Crippen LogP contribution in [0, 0.1) is 6.92 Å². The number of hydrogen-bond acceptors (Lipinski definition) is 5. The smallest absolute Gasteiger partial charge is 0.274 e. The Morgan fingerprint density at radius 1 is 1.16 bits per heavy atom. The molecule has 4 aromatic rings. The third-order valence-corrected chi connectivity index (χ3v) is 6.64. The molecule has 1 saturated heterocycles. The molecule has 4 heterocycles. The highest BCUT2D eigenvalue weighted by molar-refractivity contribution is 7.14. The van der Waals surface area contributed by atoms with E-state index in [0.29, 0.717) is 17.4 Å². The highest BCUT2D eigenvalue weighted by atomic mass is 32.1. The number of benzene rings is 1. The number of nitrogens with zero attached hydrogens (tertiary/aromatic N) is 4. The van der Waals surface area contributed by atoms with Crippen molar-refractivity contribution in [2.75, 3.05) is 16.8 Å². The molecule has 1 fully saturated rings. The van der Waals surface area contributed by atoms with Crippen LogP contribution in [0.2, 0.25) is 0 Å². The first-order chi connectivity index (χ1) is 15.7. The highest BCUT2D eigenvalue weighted by Gasteiger charge is 2.28. The standard InChI is InChI=1S/C25H25N5OS/c1-18-6-8-20(9-7-18)30-15-3-4-22(30)21-17-32-25(27-21)28-24(31)23-5-2-14-29(23)16-19-10-12-26-13-11-19/h2,5-14,17,22H,3-4,15-16H2,1H3,(H,27,28,31). The minimum atomic E-state index is -0.147. The Bertz CT molecular complexity index is 1200. The van der Waals surface area contributed by atoms with Gasteiger partial charge in [-0.05, 0) is 61.7 Å². The van der Waals surface area contributed by atoms with Crippen LogP contribution in [0.25, 0.3) is 0 Å². The predicted molar refractivity (Wildman–Crippen MR) is 128 cm³/mol. The molecule has 1 aliphatic rings. The number of rotatable bonds is 6. The molecule has 3 aromatic heterocycles. The van der Waals surface area contributed by atoms with Gasteiger partial charge in [0.05, 0.1) is 11.7 Å². The number of pyridine rings is 1. The SMILES string of the molecule is Cc1ccc(N2CCCC2c2csc(NC(=O)c3cccn3Cc3ccncc3)n2)cc1.